The van der Waals surface area contributed by atoms with E-state index >= 15 is 0 Å². The molecular weight excluding hydrogens is 466 g/mol. The van der Waals surface area contributed by atoms with Gasteiger partial charge in [0, 0.05) is 24.0 Å². The molecule has 6 N–H and O–H groups in total. The number of aliphatic hydroxyl groups excluding tert-OH is 1. The molecule has 0 saturated heterocycles. The van der Waals surface area contributed by atoms with Gasteiger partial charge in [0.1, 0.15) is 5.75 Å². The molecule has 1 fully saturated rings. The molecule has 1 aromatic rings. The predicted octanol–water partition coefficient (Wildman–Crippen LogP) is -0.143. The number of primary amides is 1. The Kier molecular flexibility index (Phi) is 6.57. The van der Waals surface area contributed by atoms with E-state index in [1.165, 1.54) is 11.0 Å². The summed E-state index contributed by atoms with van der Waals surface area (Å²) in [6, 6.07) is 3.45. The number of nitrogens with one attached hydrogen (secondary N) is 1. The number of aromatic hydroxyl groups is 1. The van der Waals surface area contributed by atoms with Gasteiger partial charge in [0.15, 0.2) is 28.9 Å². The third-order valence-corrected chi connectivity index (χ3v) is 8.00. The van der Waals surface area contributed by atoms with Crippen LogP contribution in [0, 0.1) is 17.8 Å². The Labute approximate surface area is 209 Å². The highest BCUT2D eigenvalue weighted by Gasteiger charge is 2.69. The number of phenols is 1. The lowest BCUT2D eigenvalue weighted by Crippen LogP contribution is -2.74. The van der Waals surface area contributed by atoms with E-state index in [-0.39, 0.29) is 29.1 Å². The zero-order chi connectivity index (χ0) is 26.7. The summed E-state index contributed by atoms with van der Waals surface area (Å²) < 4.78 is 0. The lowest BCUT2D eigenvalue weighted by Gasteiger charge is -2.55. The molecule has 10 heteroatoms. The third kappa shape index (κ3) is 3.42. The van der Waals surface area contributed by atoms with Crippen molar-refractivity contribution in [2.45, 2.75) is 50.4 Å². The monoisotopic (exact) mass is 499 g/mol. The first-order chi connectivity index (χ1) is 16.9. The number of likely N-dealkylation sites (N-methyl/N-ethyl adjacent to an activating group) is 1. The van der Waals surface area contributed by atoms with Crippen molar-refractivity contribution in [2.24, 2.45) is 23.5 Å². The summed E-state index contributed by atoms with van der Waals surface area (Å²) in [5, 5.41) is 37.5. The summed E-state index contributed by atoms with van der Waals surface area (Å²) in [7, 11) is 3.10. The first-order valence-corrected chi connectivity index (χ1v) is 12.2. The minimum absolute atomic E-state index is 0.0257. The SMILES string of the molecule is CCCCNC1=C2C(=O)c3c(O)cccc3[C@H](C)C2[C@H](O)C2[C@H](N(C)C)C(=O)C(C(N)=O)C(=O)[C@@]12O. The topological polar surface area (TPSA) is 170 Å². The largest absolute Gasteiger partial charge is 0.507 e. The van der Waals surface area contributed by atoms with Gasteiger partial charge in [-0.3, -0.25) is 24.1 Å². The summed E-state index contributed by atoms with van der Waals surface area (Å²) in [6.45, 7) is 4.02. The van der Waals surface area contributed by atoms with Crippen LogP contribution in [0.15, 0.2) is 29.5 Å². The Morgan fingerprint density at radius 1 is 1.22 bits per heavy atom. The van der Waals surface area contributed by atoms with Gasteiger partial charge in [0.25, 0.3) is 0 Å². The highest BCUT2D eigenvalue weighted by Crippen LogP contribution is 2.55. The van der Waals surface area contributed by atoms with Crippen LogP contribution in [-0.4, -0.2) is 81.9 Å². The fourth-order valence-corrected chi connectivity index (χ4v) is 6.37. The van der Waals surface area contributed by atoms with Crippen LogP contribution in [0.25, 0.3) is 0 Å². The number of phenolic OH excluding ortho intramolecular Hbond substituents is 1. The van der Waals surface area contributed by atoms with Gasteiger partial charge in [-0.05, 0) is 38.1 Å². The number of Topliss-reactive ketones (excluding diaryl/α,β-unsaturated/α-hetero) is 3. The Balaban J connectivity index is 2.06. The van der Waals surface area contributed by atoms with E-state index in [0.29, 0.717) is 12.0 Å². The summed E-state index contributed by atoms with van der Waals surface area (Å²) in [5.74, 6) is -8.72. The van der Waals surface area contributed by atoms with Crippen LogP contribution in [0.2, 0.25) is 0 Å². The molecule has 1 amide bonds. The molecule has 1 saturated carbocycles. The maximum Gasteiger partial charge on any atom is 0.235 e. The normalized spacial score (nSPS) is 33.8. The van der Waals surface area contributed by atoms with Gasteiger partial charge in [-0.2, -0.15) is 0 Å². The number of benzene rings is 1. The number of carbonyl (C=O) groups excluding carboxylic acids is 4. The number of unbranched alkanes of at least 4 members (excludes halogenated alkanes) is 1. The number of amides is 1. The summed E-state index contributed by atoms with van der Waals surface area (Å²) in [4.78, 5) is 54.7. The van der Waals surface area contributed by atoms with Crippen LogP contribution in [0.4, 0.5) is 0 Å². The Morgan fingerprint density at radius 3 is 2.47 bits per heavy atom. The minimum atomic E-state index is -2.56. The molecule has 0 radical (unpaired) electrons. The molecule has 194 valence electrons. The molecule has 3 aliphatic rings. The summed E-state index contributed by atoms with van der Waals surface area (Å²) in [6.07, 6.45) is -0.0844. The minimum Gasteiger partial charge on any atom is -0.507 e. The van der Waals surface area contributed by atoms with E-state index < -0.39 is 64.7 Å². The zero-order valence-corrected chi connectivity index (χ0v) is 20.8. The third-order valence-electron chi connectivity index (χ3n) is 8.00. The molecule has 3 aliphatic carbocycles. The van der Waals surface area contributed by atoms with Crippen LogP contribution in [-0.2, 0) is 14.4 Å². The van der Waals surface area contributed by atoms with E-state index in [9.17, 15) is 34.5 Å². The van der Waals surface area contributed by atoms with E-state index in [1.54, 1.807) is 33.2 Å². The standard InChI is InChI=1S/C26H33N3O7/c1-5-6-10-28-23-16-14(11(2)12-8-7-9-13(30)15(12)20(16)31)21(32)18-19(29(3)4)22(33)17(25(27)35)24(34)26(18,23)36/h7-9,11,14,17-19,21,28,30,32,36H,5-6,10H2,1-4H3,(H2,27,35)/t11-,14?,17?,18?,19-,21-,26-/m0/s1. The quantitative estimate of drug-likeness (QED) is 0.264. The fourth-order valence-electron chi connectivity index (χ4n) is 6.37. The number of aliphatic hydroxyl groups is 2. The number of nitrogens with zero attached hydrogens (tertiary/aromatic N) is 1. The van der Waals surface area contributed by atoms with Gasteiger partial charge >= 0.3 is 0 Å². The van der Waals surface area contributed by atoms with Crippen molar-refractivity contribution in [3.63, 3.8) is 0 Å². The van der Waals surface area contributed by atoms with E-state index in [2.05, 4.69) is 5.32 Å². The molecular formula is C26H33N3O7. The highest BCUT2D eigenvalue weighted by molar-refractivity contribution is 6.25. The average molecular weight is 500 g/mol. The number of nitrogens with two attached hydrogens (primary N) is 1. The molecule has 1 aromatic carbocycles. The van der Waals surface area contributed by atoms with Crippen molar-refractivity contribution in [1.29, 1.82) is 0 Å². The van der Waals surface area contributed by atoms with Gasteiger partial charge in [-0.1, -0.05) is 32.4 Å². The number of ketones is 3. The number of rotatable bonds is 6. The molecule has 0 spiro atoms. The molecule has 4 rings (SSSR count). The molecule has 3 unspecified atom stereocenters. The first-order valence-electron chi connectivity index (χ1n) is 12.2. The lowest BCUT2D eigenvalue weighted by molar-refractivity contribution is -0.176. The Morgan fingerprint density at radius 2 is 1.89 bits per heavy atom. The van der Waals surface area contributed by atoms with Crippen LogP contribution < -0.4 is 11.1 Å². The smallest absolute Gasteiger partial charge is 0.235 e. The van der Waals surface area contributed by atoms with Crippen LogP contribution in [0.1, 0.15) is 48.5 Å². The van der Waals surface area contributed by atoms with Gasteiger partial charge < -0.3 is 26.4 Å². The summed E-state index contributed by atoms with van der Waals surface area (Å²) >= 11 is 0. The van der Waals surface area contributed by atoms with Crippen molar-refractivity contribution in [3.05, 3.63) is 40.6 Å². The number of fused-ring (bicyclic) bond motifs is 3. The first kappa shape index (κ1) is 26.0. The molecule has 7 atom stereocenters. The van der Waals surface area contributed by atoms with E-state index in [0.717, 1.165) is 6.42 Å². The maximum atomic E-state index is 13.9. The molecule has 0 aliphatic heterocycles. The molecule has 10 nitrogen and oxygen atoms in total. The van der Waals surface area contributed by atoms with Gasteiger partial charge in [-0.25, -0.2) is 0 Å². The molecule has 0 heterocycles. The second-order valence-corrected chi connectivity index (χ2v) is 10.2. The van der Waals surface area contributed by atoms with Crippen molar-refractivity contribution in [2.75, 3.05) is 20.6 Å². The van der Waals surface area contributed by atoms with Gasteiger partial charge in [-0.15, -0.1) is 0 Å². The second-order valence-electron chi connectivity index (χ2n) is 10.2. The average Bonchev–Trinajstić information content (AvgIpc) is 2.80. The Hall–Kier alpha value is -3.08. The van der Waals surface area contributed by atoms with Gasteiger partial charge in [0.2, 0.25) is 5.91 Å². The van der Waals surface area contributed by atoms with Gasteiger partial charge in [0.05, 0.1) is 23.4 Å². The predicted molar refractivity (Wildman–Crippen MR) is 129 cm³/mol. The fraction of sp³-hybridized carbons (Fsp3) is 0.538. The summed E-state index contributed by atoms with van der Waals surface area (Å²) in [5.41, 5.74) is 3.30. The van der Waals surface area contributed by atoms with Crippen LogP contribution in [0.5, 0.6) is 5.75 Å². The second kappa shape index (κ2) is 9.10. The lowest BCUT2D eigenvalue weighted by atomic mass is 9.53. The molecule has 36 heavy (non-hydrogen) atoms. The maximum absolute atomic E-state index is 13.9. The zero-order valence-electron chi connectivity index (χ0n) is 20.8. The highest BCUT2D eigenvalue weighted by atomic mass is 16.3. The number of carbonyl (C=O) groups is 4. The van der Waals surface area contributed by atoms with E-state index in [4.69, 9.17) is 5.73 Å². The van der Waals surface area contributed by atoms with E-state index in [1.807, 2.05) is 6.92 Å². The Bertz CT molecular complexity index is 1180. The van der Waals surface area contributed by atoms with Crippen LogP contribution in [0.3, 0.4) is 0 Å². The van der Waals surface area contributed by atoms with Crippen molar-refractivity contribution in [3.8, 4) is 5.75 Å². The van der Waals surface area contributed by atoms with Crippen molar-refractivity contribution < 1.29 is 34.5 Å². The number of hydrogen-bond donors (Lipinski definition) is 5. The van der Waals surface area contributed by atoms with Crippen molar-refractivity contribution >= 4 is 23.3 Å². The van der Waals surface area contributed by atoms with Crippen LogP contribution >= 0.6 is 0 Å². The van der Waals surface area contributed by atoms with Crippen molar-refractivity contribution in [1.82, 2.24) is 10.2 Å². The molecule has 0 bridgehead atoms. The molecule has 0 aromatic heterocycles. The number of hydrogen-bond acceptors (Lipinski definition) is 9.